The van der Waals surface area contributed by atoms with E-state index >= 15 is 0 Å². The average Bonchev–Trinajstić information content (AvgIpc) is 2.70. The van der Waals surface area contributed by atoms with Crippen LogP contribution in [0.15, 0.2) is 23.6 Å². The van der Waals surface area contributed by atoms with E-state index in [2.05, 4.69) is 10.3 Å². The van der Waals surface area contributed by atoms with Gasteiger partial charge in [0.15, 0.2) is 5.13 Å². The van der Waals surface area contributed by atoms with E-state index in [0.29, 0.717) is 11.6 Å². The van der Waals surface area contributed by atoms with Gasteiger partial charge in [-0.25, -0.2) is 13.8 Å². The summed E-state index contributed by atoms with van der Waals surface area (Å²) < 4.78 is 26.8. The number of nitrogens with one attached hydrogen (secondary N) is 1. The highest BCUT2D eigenvalue weighted by atomic mass is 32.1. The van der Waals surface area contributed by atoms with Crippen molar-refractivity contribution in [3.8, 4) is 0 Å². The van der Waals surface area contributed by atoms with Crippen LogP contribution in [0.2, 0.25) is 0 Å². The van der Waals surface area contributed by atoms with Gasteiger partial charge in [-0.15, -0.1) is 11.3 Å². The normalized spacial score (nSPS) is 12.4. The third-order valence-corrected chi connectivity index (χ3v) is 3.08. The van der Waals surface area contributed by atoms with E-state index in [1.54, 1.807) is 0 Å². The maximum absolute atomic E-state index is 13.4. The van der Waals surface area contributed by atoms with Gasteiger partial charge in [0.2, 0.25) is 0 Å². The van der Waals surface area contributed by atoms with Crippen LogP contribution in [0.25, 0.3) is 0 Å². The van der Waals surface area contributed by atoms with Gasteiger partial charge in [0, 0.05) is 17.8 Å². The van der Waals surface area contributed by atoms with Crippen molar-refractivity contribution in [1.82, 2.24) is 4.98 Å². The number of para-hydroxylation sites is 1. The molecular formula is C12H13F2N3S. The molecule has 18 heavy (non-hydrogen) atoms. The Morgan fingerprint density at radius 2 is 2.06 bits per heavy atom. The van der Waals surface area contributed by atoms with Crippen molar-refractivity contribution in [2.75, 3.05) is 5.32 Å². The number of rotatable bonds is 4. The molecule has 1 aromatic heterocycles. The number of aromatic nitrogens is 1. The molecule has 1 aromatic carbocycles. The second kappa shape index (κ2) is 5.41. The molecule has 0 radical (unpaired) electrons. The highest BCUT2D eigenvalue weighted by Gasteiger charge is 2.11. The second-order valence-corrected chi connectivity index (χ2v) is 4.91. The molecule has 0 saturated carbocycles. The molecule has 0 fully saturated rings. The second-order valence-electron chi connectivity index (χ2n) is 4.05. The standard InChI is InChI=1S/C12H13F2N3S/c1-7(15)5-8-6-18-12(16-8)17-11-9(13)3-2-4-10(11)14/h2-4,6-7H,5,15H2,1H3,(H,16,17). The zero-order valence-electron chi connectivity index (χ0n) is 9.78. The first-order chi connectivity index (χ1) is 8.56. The van der Waals surface area contributed by atoms with E-state index in [-0.39, 0.29) is 11.7 Å². The largest absolute Gasteiger partial charge is 0.328 e. The molecule has 0 amide bonds. The van der Waals surface area contributed by atoms with Crippen LogP contribution in [0, 0.1) is 11.6 Å². The Morgan fingerprint density at radius 1 is 1.39 bits per heavy atom. The molecule has 6 heteroatoms. The molecule has 2 rings (SSSR count). The van der Waals surface area contributed by atoms with Crippen molar-refractivity contribution < 1.29 is 8.78 Å². The van der Waals surface area contributed by atoms with Gasteiger partial charge in [-0.3, -0.25) is 0 Å². The molecule has 3 N–H and O–H groups in total. The summed E-state index contributed by atoms with van der Waals surface area (Å²) in [5, 5.41) is 4.93. The van der Waals surface area contributed by atoms with Crippen LogP contribution in [0.3, 0.4) is 0 Å². The average molecular weight is 269 g/mol. The highest BCUT2D eigenvalue weighted by molar-refractivity contribution is 7.13. The lowest BCUT2D eigenvalue weighted by Crippen LogP contribution is -2.17. The number of nitrogens with two attached hydrogens (primary N) is 1. The van der Waals surface area contributed by atoms with Crippen molar-refractivity contribution >= 4 is 22.2 Å². The Morgan fingerprint density at radius 3 is 2.67 bits per heavy atom. The Bertz CT molecular complexity index is 520. The summed E-state index contributed by atoms with van der Waals surface area (Å²) >= 11 is 1.29. The fourth-order valence-corrected chi connectivity index (χ4v) is 2.24. The van der Waals surface area contributed by atoms with E-state index in [4.69, 9.17) is 5.73 Å². The first-order valence-corrected chi connectivity index (χ1v) is 6.35. The summed E-state index contributed by atoms with van der Waals surface area (Å²) in [7, 11) is 0. The van der Waals surface area contributed by atoms with Crippen LogP contribution in [0.4, 0.5) is 19.6 Å². The van der Waals surface area contributed by atoms with Crippen LogP contribution < -0.4 is 11.1 Å². The van der Waals surface area contributed by atoms with Crippen molar-refractivity contribution in [1.29, 1.82) is 0 Å². The minimum atomic E-state index is -0.640. The molecule has 0 saturated heterocycles. The van der Waals surface area contributed by atoms with Crippen LogP contribution >= 0.6 is 11.3 Å². The summed E-state index contributed by atoms with van der Waals surface area (Å²) in [5.41, 5.74) is 6.29. The number of benzene rings is 1. The number of anilines is 2. The number of hydrogen-bond acceptors (Lipinski definition) is 4. The minimum Gasteiger partial charge on any atom is -0.328 e. The number of thiazole rings is 1. The smallest absolute Gasteiger partial charge is 0.187 e. The van der Waals surface area contributed by atoms with Crippen LogP contribution in [0.1, 0.15) is 12.6 Å². The van der Waals surface area contributed by atoms with Gasteiger partial charge < -0.3 is 11.1 Å². The van der Waals surface area contributed by atoms with Crippen LogP contribution in [-0.2, 0) is 6.42 Å². The molecule has 0 bridgehead atoms. The monoisotopic (exact) mass is 269 g/mol. The summed E-state index contributed by atoms with van der Waals surface area (Å²) in [6, 6.07) is 3.72. The minimum absolute atomic E-state index is 0.00477. The molecule has 0 spiro atoms. The highest BCUT2D eigenvalue weighted by Crippen LogP contribution is 2.25. The zero-order valence-corrected chi connectivity index (χ0v) is 10.6. The molecule has 96 valence electrons. The summed E-state index contributed by atoms with van der Waals surface area (Å²) in [6.45, 7) is 1.88. The predicted molar refractivity (Wildman–Crippen MR) is 69.1 cm³/mol. The molecule has 1 atom stereocenters. The number of halogens is 2. The lowest BCUT2D eigenvalue weighted by atomic mass is 10.2. The lowest BCUT2D eigenvalue weighted by molar-refractivity contribution is 0.590. The maximum Gasteiger partial charge on any atom is 0.187 e. The topological polar surface area (TPSA) is 50.9 Å². The van der Waals surface area contributed by atoms with Gasteiger partial charge in [-0.2, -0.15) is 0 Å². The van der Waals surface area contributed by atoms with Gasteiger partial charge in [-0.05, 0) is 19.1 Å². The van der Waals surface area contributed by atoms with Gasteiger partial charge >= 0.3 is 0 Å². The summed E-state index contributed by atoms with van der Waals surface area (Å²) in [6.07, 6.45) is 0.637. The van der Waals surface area contributed by atoms with Crippen LogP contribution in [0.5, 0.6) is 0 Å². The lowest BCUT2D eigenvalue weighted by Gasteiger charge is -2.05. The predicted octanol–water partition coefficient (Wildman–Crippen LogP) is 3.05. The molecule has 1 heterocycles. The van der Waals surface area contributed by atoms with E-state index in [0.717, 1.165) is 5.69 Å². The zero-order chi connectivity index (χ0) is 13.1. The van der Waals surface area contributed by atoms with Crippen LogP contribution in [-0.4, -0.2) is 11.0 Å². The first kappa shape index (κ1) is 12.9. The maximum atomic E-state index is 13.4. The fourth-order valence-electron chi connectivity index (χ4n) is 1.51. The van der Waals surface area contributed by atoms with E-state index in [1.165, 1.54) is 29.5 Å². The SMILES string of the molecule is CC(N)Cc1csc(Nc2c(F)cccc2F)n1. The molecule has 3 nitrogen and oxygen atoms in total. The molecule has 2 aromatic rings. The third kappa shape index (κ3) is 3.02. The Kier molecular flexibility index (Phi) is 3.88. The third-order valence-electron chi connectivity index (χ3n) is 2.28. The molecular weight excluding hydrogens is 256 g/mol. The van der Waals surface area contributed by atoms with Crippen molar-refractivity contribution in [2.24, 2.45) is 5.73 Å². The fraction of sp³-hybridized carbons (Fsp3) is 0.250. The van der Waals surface area contributed by atoms with E-state index in [1.807, 2.05) is 12.3 Å². The molecule has 0 aliphatic heterocycles. The van der Waals surface area contributed by atoms with Gasteiger partial charge in [-0.1, -0.05) is 6.07 Å². The van der Waals surface area contributed by atoms with E-state index < -0.39 is 11.6 Å². The van der Waals surface area contributed by atoms with Gasteiger partial charge in [0.05, 0.1) is 5.69 Å². The molecule has 0 aliphatic rings. The number of hydrogen-bond donors (Lipinski definition) is 2. The Labute approximate surface area is 108 Å². The summed E-state index contributed by atoms with van der Waals surface area (Å²) in [5.74, 6) is -1.28. The first-order valence-electron chi connectivity index (χ1n) is 5.47. The van der Waals surface area contributed by atoms with Gasteiger partial charge in [0.25, 0.3) is 0 Å². The summed E-state index contributed by atoms with van der Waals surface area (Å²) in [4.78, 5) is 4.22. The van der Waals surface area contributed by atoms with Crippen molar-refractivity contribution in [3.63, 3.8) is 0 Å². The quantitative estimate of drug-likeness (QED) is 0.897. The van der Waals surface area contributed by atoms with Crippen molar-refractivity contribution in [3.05, 3.63) is 40.9 Å². The number of nitrogens with zero attached hydrogens (tertiary/aromatic N) is 1. The van der Waals surface area contributed by atoms with Gasteiger partial charge in [0.1, 0.15) is 17.3 Å². The van der Waals surface area contributed by atoms with Crippen molar-refractivity contribution in [2.45, 2.75) is 19.4 Å². The Hall–Kier alpha value is -1.53. The Balaban J connectivity index is 2.16. The molecule has 0 aliphatic carbocycles. The van der Waals surface area contributed by atoms with E-state index in [9.17, 15) is 8.78 Å². The molecule has 1 unspecified atom stereocenters.